The number of carbonyl (C=O) groups is 1. The number of Topliss-reactive ketones (excluding diaryl/α,β-unsaturated/α-hetero) is 1. The lowest BCUT2D eigenvalue weighted by Gasteiger charge is -2.12. The lowest BCUT2D eigenvalue weighted by molar-refractivity contribution is 0.0993. The second-order valence-electron chi connectivity index (χ2n) is 5.22. The number of rotatable bonds is 7. The van der Waals surface area contributed by atoms with Gasteiger partial charge in [0.2, 0.25) is 0 Å². The van der Waals surface area contributed by atoms with Gasteiger partial charge in [-0.15, -0.1) is 10.2 Å². The van der Waals surface area contributed by atoms with E-state index in [0.717, 1.165) is 16.3 Å². The molecule has 0 spiro atoms. The smallest absolute Gasteiger partial charge is 0.191 e. The Morgan fingerprint density at radius 1 is 1.36 bits per heavy atom. The molecular weight excluding hydrogens is 298 g/mol. The normalized spacial score (nSPS) is 12.4. The first-order chi connectivity index (χ1) is 10.5. The van der Waals surface area contributed by atoms with Gasteiger partial charge in [-0.3, -0.25) is 4.79 Å². The molecule has 0 radical (unpaired) electrons. The molecule has 2 rings (SSSR count). The van der Waals surface area contributed by atoms with Crippen LogP contribution in [0.5, 0.6) is 0 Å². The van der Waals surface area contributed by atoms with Crippen LogP contribution in [0.15, 0.2) is 29.7 Å². The molecule has 2 aromatic rings. The number of hydrogen-bond donors (Lipinski definition) is 0. The Labute approximate surface area is 135 Å². The molecule has 118 valence electrons. The lowest BCUT2D eigenvalue weighted by atomic mass is 10.0. The molecule has 1 aromatic carbocycles. The second-order valence-corrected chi connectivity index (χ2v) is 6.53. The number of methoxy groups -OCH3 is 1. The summed E-state index contributed by atoms with van der Waals surface area (Å²) in [4.78, 5) is 12.6. The number of nitrogens with zero attached hydrogens (tertiary/aromatic N) is 3. The largest absolute Gasteiger partial charge is 0.383 e. The van der Waals surface area contributed by atoms with Crippen LogP contribution in [0.1, 0.15) is 28.4 Å². The van der Waals surface area contributed by atoms with Gasteiger partial charge in [-0.05, 0) is 38.0 Å². The van der Waals surface area contributed by atoms with E-state index in [1.54, 1.807) is 13.4 Å². The van der Waals surface area contributed by atoms with Crippen LogP contribution >= 0.6 is 11.8 Å². The molecule has 22 heavy (non-hydrogen) atoms. The fraction of sp³-hybridized carbons (Fsp3) is 0.438. The molecule has 1 heterocycles. The van der Waals surface area contributed by atoms with Crippen LogP contribution in [0, 0.1) is 13.8 Å². The highest BCUT2D eigenvalue weighted by molar-refractivity contribution is 8.00. The number of ketones is 1. The van der Waals surface area contributed by atoms with Crippen molar-refractivity contribution in [2.45, 2.75) is 37.7 Å². The Kier molecular flexibility index (Phi) is 5.74. The average molecular weight is 319 g/mol. The Morgan fingerprint density at radius 3 is 2.82 bits per heavy atom. The first-order valence-corrected chi connectivity index (χ1v) is 8.05. The van der Waals surface area contributed by atoms with Crippen molar-refractivity contribution in [1.29, 1.82) is 0 Å². The molecule has 0 saturated heterocycles. The van der Waals surface area contributed by atoms with Crippen molar-refractivity contribution in [3.8, 4) is 0 Å². The third-order valence-electron chi connectivity index (χ3n) is 3.56. The summed E-state index contributed by atoms with van der Waals surface area (Å²) in [6.45, 7) is 7.23. The standard InChI is InChI=1S/C16H21N3O2S/c1-11-5-6-14(9-12(11)2)15(20)13(3)22-16-18-17-10-19(16)7-8-21-4/h5-6,9-10,13H,7-8H2,1-4H3/t13-/m1/s1. The van der Waals surface area contributed by atoms with Crippen LogP contribution in [-0.4, -0.2) is 39.5 Å². The highest BCUT2D eigenvalue weighted by Gasteiger charge is 2.19. The van der Waals surface area contributed by atoms with Crippen LogP contribution in [0.25, 0.3) is 0 Å². The quantitative estimate of drug-likeness (QED) is 0.580. The number of carbonyl (C=O) groups excluding carboxylic acids is 1. The van der Waals surface area contributed by atoms with E-state index in [4.69, 9.17) is 4.74 Å². The molecule has 0 aliphatic rings. The van der Waals surface area contributed by atoms with Gasteiger partial charge in [-0.2, -0.15) is 0 Å². The summed E-state index contributed by atoms with van der Waals surface area (Å²) in [6, 6.07) is 5.82. The average Bonchev–Trinajstić information content (AvgIpc) is 2.94. The van der Waals surface area contributed by atoms with Gasteiger partial charge in [0.1, 0.15) is 6.33 Å². The van der Waals surface area contributed by atoms with Crippen LogP contribution in [-0.2, 0) is 11.3 Å². The molecule has 1 aromatic heterocycles. The Hall–Kier alpha value is -1.66. The minimum atomic E-state index is -0.215. The van der Waals surface area contributed by atoms with Crippen molar-refractivity contribution >= 4 is 17.5 Å². The van der Waals surface area contributed by atoms with Gasteiger partial charge < -0.3 is 9.30 Å². The van der Waals surface area contributed by atoms with Crippen LogP contribution in [0.3, 0.4) is 0 Å². The molecule has 0 aliphatic heterocycles. The molecule has 0 fully saturated rings. The van der Waals surface area contributed by atoms with E-state index < -0.39 is 0 Å². The zero-order valence-corrected chi connectivity index (χ0v) is 14.2. The van der Waals surface area contributed by atoms with Crippen molar-refractivity contribution in [2.24, 2.45) is 0 Å². The molecule has 0 bridgehead atoms. The van der Waals surface area contributed by atoms with Crippen molar-refractivity contribution in [3.63, 3.8) is 0 Å². The maximum absolute atomic E-state index is 12.6. The number of aromatic nitrogens is 3. The van der Waals surface area contributed by atoms with Gasteiger partial charge in [0.15, 0.2) is 10.9 Å². The molecule has 6 heteroatoms. The molecule has 0 saturated carbocycles. The van der Waals surface area contributed by atoms with Gasteiger partial charge in [-0.25, -0.2) is 0 Å². The van der Waals surface area contributed by atoms with Gasteiger partial charge >= 0.3 is 0 Å². The minimum Gasteiger partial charge on any atom is -0.383 e. The fourth-order valence-corrected chi connectivity index (χ4v) is 2.95. The first kappa shape index (κ1) is 16.7. The molecule has 1 atom stereocenters. The SMILES string of the molecule is COCCn1cnnc1S[C@H](C)C(=O)c1ccc(C)c(C)c1. The van der Waals surface area contributed by atoms with Crippen LogP contribution in [0.2, 0.25) is 0 Å². The predicted octanol–water partition coefficient (Wildman–Crippen LogP) is 2.90. The second kappa shape index (κ2) is 7.56. The molecule has 0 N–H and O–H groups in total. The van der Waals surface area contributed by atoms with Crippen LogP contribution < -0.4 is 0 Å². The fourth-order valence-electron chi connectivity index (χ4n) is 2.02. The van der Waals surface area contributed by atoms with Crippen LogP contribution in [0.4, 0.5) is 0 Å². The van der Waals surface area contributed by atoms with Crippen molar-refractivity contribution in [1.82, 2.24) is 14.8 Å². The third kappa shape index (κ3) is 3.96. The molecule has 0 unspecified atom stereocenters. The van der Waals surface area contributed by atoms with E-state index in [1.807, 2.05) is 43.5 Å². The number of aryl methyl sites for hydroxylation is 2. The zero-order chi connectivity index (χ0) is 16.1. The zero-order valence-electron chi connectivity index (χ0n) is 13.4. The van der Waals surface area contributed by atoms with Gasteiger partial charge in [0, 0.05) is 19.2 Å². The molecule has 0 amide bonds. The van der Waals surface area contributed by atoms with E-state index >= 15 is 0 Å². The van der Waals surface area contributed by atoms with E-state index in [-0.39, 0.29) is 11.0 Å². The van der Waals surface area contributed by atoms with Crippen molar-refractivity contribution in [3.05, 3.63) is 41.2 Å². The Balaban J connectivity index is 2.08. The summed E-state index contributed by atoms with van der Waals surface area (Å²) in [5.74, 6) is 0.106. The summed E-state index contributed by atoms with van der Waals surface area (Å²) in [7, 11) is 1.66. The number of hydrogen-bond acceptors (Lipinski definition) is 5. The topological polar surface area (TPSA) is 57.0 Å². The van der Waals surface area contributed by atoms with E-state index in [2.05, 4.69) is 10.2 Å². The van der Waals surface area contributed by atoms with Crippen molar-refractivity contribution < 1.29 is 9.53 Å². The number of ether oxygens (including phenoxy) is 1. The highest BCUT2D eigenvalue weighted by Crippen LogP contribution is 2.24. The molecule has 5 nitrogen and oxygen atoms in total. The monoisotopic (exact) mass is 319 g/mol. The molecular formula is C16H21N3O2S. The lowest BCUT2D eigenvalue weighted by Crippen LogP contribution is -2.15. The first-order valence-electron chi connectivity index (χ1n) is 7.17. The minimum absolute atomic E-state index is 0.106. The van der Waals surface area contributed by atoms with Gasteiger partial charge in [-0.1, -0.05) is 23.9 Å². The number of benzene rings is 1. The van der Waals surface area contributed by atoms with E-state index in [1.165, 1.54) is 17.3 Å². The van der Waals surface area contributed by atoms with Crippen molar-refractivity contribution in [2.75, 3.05) is 13.7 Å². The van der Waals surface area contributed by atoms with Gasteiger partial charge in [0.25, 0.3) is 0 Å². The van der Waals surface area contributed by atoms with E-state index in [9.17, 15) is 4.79 Å². The Morgan fingerprint density at radius 2 is 2.14 bits per heavy atom. The summed E-state index contributed by atoms with van der Waals surface area (Å²) in [6.07, 6.45) is 1.66. The van der Waals surface area contributed by atoms with E-state index in [0.29, 0.717) is 13.2 Å². The summed E-state index contributed by atoms with van der Waals surface area (Å²) >= 11 is 1.42. The number of thioether (sulfide) groups is 1. The maximum Gasteiger partial charge on any atom is 0.191 e. The summed E-state index contributed by atoms with van der Waals surface area (Å²) in [5.41, 5.74) is 3.06. The predicted molar refractivity (Wildman–Crippen MR) is 87.5 cm³/mol. The Bertz CT molecular complexity index is 655. The van der Waals surface area contributed by atoms with Gasteiger partial charge in [0.05, 0.1) is 11.9 Å². The summed E-state index contributed by atoms with van der Waals surface area (Å²) in [5, 5.41) is 8.52. The highest BCUT2D eigenvalue weighted by atomic mass is 32.2. The molecule has 0 aliphatic carbocycles. The third-order valence-corrected chi connectivity index (χ3v) is 4.65. The maximum atomic E-state index is 12.6. The summed E-state index contributed by atoms with van der Waals surface area (Å²) < 4.78 is 6.96.